The van der Waals surface area contributed by atoms with Crippen LogP contribution in [0.25, 0.3) is 0 Å². The summed E-state index contributed by atoms with van der Waals surface area (Å²) in [7, 11) is 0. The van der Waals surface area contributed by atoms with Crippen molar-refractivity contribution in [1.29, 1.82) is 0 Å². The Morgan fingerprint density at radius 2 is 2.33 bits per heavy atom. The van der Waals surface area contributed by atoms with E-state index >= 15 is 0 Å². The van der Waals surface area contributed by atoms with Crippen molar-refractivity contribution in [3.05, 3.63) is 0 Å². The van der Waals surface area contributed by atoms with Gasteiger partial charge in [-0.15, -0.1) is 0 Å². The maximum Gasteiger partial charge on any atom is 0.320 e. The van der Waals surface area contributed by atoms with Crippen LogP contribution in [0.3, 0.4) is 0 Å². The van der Waals surface area contributed by atoms with Gasteiger partial charge in [-0.2, -0.15) is 0 Å². The smallest absolute Gasteiger partial charge is 0.320 e. The Morgan fingerprint density at radius 1 is 1.67 bits per heavy atom. The summed E-state index contributed by atoms with van der Waals surface area (Å²) >= 11 is 0. The Balaban J connectivity index is 1.97. The van der Waals surface area contributed by atoms with E-state index in [1.54, 1.807) is 0 Å². The van der Waals surface area contributed by atoms with Crippen molar-refractivity contribution in [2.45, 2.75) is 37.8 Å². The fraction of sp³-hybridized carbons (Fsp3) is 0.875. The molecule has 3 N–H and O–H groups in total. The molecule has 70 valence electrons. The fourth-order valence-corrected chi connectivity index (χ4v) is 1.02. The van der Waals surface area contributed by atoms with Gasteiger partial charge < -0.3 is 15.6 Å². The zero-order chi connectivity index (χ0) is 8.97. The van der Waals surface area contributed by atoms with E-state index < -0.39 is 12.0 Å². The summed E-state index contributed by atoms with van der Waals surface area (Å²) < 4.78 is 5.36. The van der Waals surface area contributed by atoms with Gasteiger partial charge in [-0.3, -0.25) is 4.79 Å². The van der Waals surface area contributed by atoms with E-state index in [-0.39, 0.29) is 0 Å². The lowest BCUT2D eigenvalue weighted by Crippen LogP contribution is -2.32. The first kappa shape index (κ1) is 9.48. The van der Waals surface area contributed by atoms with Crippen LogP contribution in [0.4, 0.5) is 0 Å². The molecule has 0 saturated heterocycles. The minimum absolute atomic E-state index is 0.367. The van der Waals surface area contributed by atoms with Crippen LogP contribution in [-0.4, -0.2) is 29.8 Å². The fourth-order valence-electron chi connectivity index (χ4n) is 1.02. The van der Waals surface area contributed by atoms with Crippen LogP contribution in [-0.2, 0) is 9.53 Å². The zero-order valence-electron chi connectivity index (χ0n) is 7.03. The van der Waals surface area contributed by atoms with Gasteiger partial charge in [-0.05, 0) is 25.7 Å². The third-order valence-corrected chi connectivity index (χ3v) is 2.15. The molecule has 1 atom stereocenters. The number of carboxylic acid groups (broad SMARTS) is 1. The highest BCUT2D eigenvalue weighted by molar-refractivity contribution is 5.72. The maximum absolute atomic E-state index is 10.3. The highest BCUT2D eigenvalue weighted by Crippen LogP contribution is 2.21. The molecule has 4 nitrogen and oxygen atoms in total. The van der Waals surface area contributed by atoms with E-state index in [1.807, 2.05) is 0 Å². The second-order valence-electron chi connectivity index (χ2n) is 3.16. The number of hydrogen-bond acceptors (Lipinski definition) is 3. The molecule has 1 saturated carbocycles. The van der Waals surface area contributed by atoms with Gasteiger partial charge in [0.15, 0.2) is 0 Å². The molecule has 1 aliphatic rings. The van der Waals surface area contributed by atoms with Crippen molar-refractivity contribution in [3.63, 3.8) is 0 Å². The lowest BCUT2D eigenvalue weighted by Gasteiger charge is -2.25. The van der Waals surface area contributed by atoms with E-state index in [4.69, 9.17) is 15.6 Å². The lowest BCUT2D eigenvalue weighted by atomic mass is 9.96. The van der Waals surface area contributed by atoms with Gasteiger partial charge >= 0.3 is 5.97 Å². The number of nitrogens with two attached hydrogens (primary N) is 1. The molecule has 0 unspecified atom stereocenters. The Labute approximate surface area is 71.7 Å². The van der Waals surface area contributed by atoms with Gasteiger partial charge in [0.05, 0.1) is 6.10 Å². The molecule has 0 heterocycles. The Hall–Kier alpha value is -0.610. The summed E-state index contributed by atoms with van der Waals surface area (Å²) in [5.74, 6) is -0.952. The van der Waals surface area contributed by atoms with E-state index in [0.717, 1.165) is 12.8 Å². The van der Waals surface area contributed by atoms with E-state index in [2.05, 4.69) is 0 Å². The number of carbonyl (C=O) groups is 1. The Bertz CT molecular complexity index is 156. The lowest BCUT2D eigenvalue weighted by molar-refractivity contribution is -0.139. The molecule has 12 heavy (non-hydrogen) atoms. The molecule has 0 aliphatic heterocycles. The monoisotopic (exact) mass is 173 g/mol. The zero-order valence-corrected chi connectivity index (χ0v) is 7.03. The summed E-state index contributed by atoms with van der Waals surface area (Å²) in [4.78, 5) is 10.3. The summed E-state index contributed by atoms with van der Waals surface area (Å²) in [6, 6.07) is -0.773. The summed E-state index contributed by atoms with van der Waals surface area (Å²) in [6.07, 6.45) is 4.23. The molecule has 4 heteroatoms. The standard InChI is InChI=1S/C8H15NO3/c9-7(8(10)11)4-5-12-6-2-1-3-6/h6-7H,1-5,9H2,(H,10,11)/t7-/m0/s1. The predicted molar refractivity (Wildman–Crippen MR) is 43.8 cm³/mol. The molecule has 1 rings (SSSR count). The van der Waals surface area contributed by atoms with Crippen LogP contribution in [0.5, 0.6) is 0 Å². The number of carboxylic acids is 1. The van der Waals surface area contributed by atoms with Crippen LogP contribution in [0.15, 0.2) is 0 Å². The second kappa shape index (κ2) is 4.42. The van der Waals surface area contributed by atoms with E-state index in [1.165, 1.54) is 6.42 Å². The number of hydrogen-bond donors (Lipinski definition) is 2. The highest BCUT2D eigenvalue weighted by atomic mass is 16.5. The largest absolute Gasteiger partial charge is 0.480 e. The molecule has 0 spiro atoms. The average Bonchev–Trinajstić information content (AvgIpc) is 1.93. The SMILES string of the molecule is N[C@@H](CCOC1CCC1)C(=O)O. The number of rotatable bonds is 5. The normalized spacial score (nSPS) is 20.1. The van der Waals surface area contributed by atoms with Crippen LogP contribution < -0.4 is 5.73 Å². The third-order valence-electron chi connectivity index (χ3n) is 2.15. The van der Waals surface area contributed by atoms with Gasteiger partial charge in [0.1, 0.15) is 6.04 Å². The van der Waals surface area contributed by atoms with Gasteiger partial charge in [0.25, 0.3) is 0 Å². The molecule has 1 fully saturated rings. The van der Waals surface area contributed by atoms with Gasteiger partial charge in [0.2, 0.25) is 0 Å². The summed E-state index contributed by atoms with van der Waals surface area (Å²) in [5, 5.41) is 8.44. The van der Waals surface area contributed by atoms with Gasteiger partial charge in [-0.1, -0.05) is 0 Å². The van der Waals surface area contributed by atoms with E-state index in [0.29, 0.717) is 19.1 Å². The van der Waals surface area contributed by atoms with Crippen molar-refractivity contribution >= 4 is 5.97 Å². The van der Waals surface area contributed by atoms with Crippen LogP contribution in [0.2, 0.25) is 0 Å². The van der Waals surface area contributed by atoms with Gasteiger partial charge in [-0.25, -0.2) is 0 Å². The van der Waals surface area contributed by atoms with E-state index in [9.17, 15) is 4.79 Å². The molecular formula is C8H15NO3. The number of ether oxygens (including phenoxy) is 1. The second-order valence-corrected chi connectivity index (χ2v) is 3.16. The Kier molecular flexibility index (Phi) is 3.49. The van der Waals surface area contributed by atoms with Gasteiger partial charge in [0, 0.05) is 6.61 Å². The van der Waals surface area contributed by atoms with Crippen molar-refractivity contribution in [2.24, 2.45) is 5.73 Å². The molecule has 0 bridgehead atoms. The highest BCUT2D eigenvalue weighted by Gasteiger charge is 2.18. The van der Waals surface area contributed by atoms with Crippen LogP contribution in [0.1, 0.15) is 25.7 Å². The maximum atomic E-state index is 10.3. The average molecular weight is 173 g/mol. The topological polar surface area (TPSA) is 72.5 Å². The first-order valence-corrected chi connectivity index (χ1v) is 4.30. The first-order chi connectivity index (χ1) is 5.70. The first-order valence-electron chi connectivity index (χ1n) is 4.30. The number of aliphatic carboxylic acids is 1. The minimum atomic E-state index is -0.952. The third kappa shape index (κ3) is 2.79. The molecule has 0 aromatic heterocycles. The van der Waals surface area contributed by atoms with Crippen molar-refractivity contribution < 1.29 is 14.6 Å². The summed E-state index contributed by atoms with van der Waals surface area (Å²) in [6.45, 7) is 0.470. The molecule has 0 aromatic rings. The Morgan fingerprint density at radius 3 is 2.75 bits per heavy atom. The molecule has 0 aromatic carbocycles. The minimum Gasteiger partial charge on any atom is -0.480 e. The summed E-state index contributed by atoms with van der Waals surface area (Å²) in [5.41, 5.74) is 5.28. The molecule has 1 aliphatic carbocycles. The van der Waals surface area contributed by atoms with Crippen molar-refractivity contribution in [2.75, 3.05) is 6.61 Å². The van der Waals surface area contributed by atoms with Crippen molar-refractivity contribution in [1.82, 2.24) is 0 Å². The molecule has 0 amide bonds. The van der Waals surface area contributed by atoms with Crippen molar-refractivity contribution in [3.8, 4) is 0 Å². The van der Waals surface area contributed by atoms with Crippen LogP contribution >= 0.6 is 0 Å². The molecular weight excluding hydrogens is 158 g/mol. The predicted octanol–water partition coefficient (Wildman–Crippen LogP) is 0.357. The van der Waals surface area contributed by atoms with Crippen LogP contribution in [0, 0.1) is 0 Å². The quantitative estimate of drug-likeness (QED) is 0.629. The molecule has 0 radical (unpaired) electrons.